The van der Waals surface area contributed by atoms with E-state index in [2.05, 4.69) is 15.5 Å². The molecule has 0 aliphatic heterocycles. The minimum Gasteiger partial charge on any atom is -0.484 e. The van der Waals surface area contributed by atoms with E-state index in [1.807, 2.05) is 56.3 Å². The third kappa shape index (κ3) is 7.05. The highest BCUT2D eigenvalue weighted by Crippen LogP contribution is 2.21. The van der Waals surface area contributed by atoms with Crippen LogP contribution in [-0.2, 0) is 27.8 Å². The summed E-state index contributed by atoms with van der Waals surface area (Å²) in [6.45, 7) is 4.03. The van der Waals surface area contributed by atoms with Gasteiger partial charge in [-0.05, 0) is 47.5 Å². The zero-order valence-corrected chi connectivity index (χ0v) is 22.3. The van der Waals surface area contributed by atoms with Crippen molar-refractivity contribution in [3.05, 3.63) is 102 Å². The van der Waals surface area contributed by atoms with Gasteiger partial charge in [-0.2, -0.15) is 9.29 Å². The van der Waals surface area contributed by atoms with Crippen molar-refractivity contribution in [3.63, 3.8) is 0 Å². The Labute approximate surface area is 222 Å². The van der Waals surface area contributed by atoms with Gasteiger partial charge in [0.15, 0.2) is 12.4 Å². The van der Waals surface area contributed by atoms with Crippen molar-refractivity contribution in [2.24, 2.45) is 0 Å². The standard InChI is InChI=1S/C28H30N4O5S/c1-20(2)28-30-26(31-37-28)17-21-9-11-23(12-10-21)29-27(33)19-36-24-13-15-25(16-14-24)38(34,35)32(3)18-22-7-5-4-6-8-22/h4-16,20H,17-19H2,1-3H3,(H,29,33). The average Bonchev–Trinajstić information content (AvgIpc) is 3.38. The van der Waals surface area contributed by atoms with Crippen LogP contribution in [0.1, 0.15) is 42.6 Å². The van der Waals surface area contributed by atoms with Crippen molar-refractivity contribution in [1.82, 2.24) is 14.4 Å². The molecule has 1 aromatic heterocycles. The van der Waals surface area contributed by atoms with Gasteiger partial charge in [0.05, 0.1) is 4.90 Å². The van der Waals surface area contributed by atoms with Gasteiger partial charge < -0.3 is 14.6 Å². The maximum atomic E-state index is 12.9. The second-order valence-electron chi connectivity index (χ2n) is 9.13. The lowest BCUT2D eigenvalue weighted by Gasteiger charge is -2.17. The van der Waals surface area contributed by atoms with E-state index in [0.717, 1.165) is 11.1 Å². The predicted octanol–water partition coefficient (Wildman–Crippen LogP) is 4.62. The Morgan fingerprint density at radius 1 is 0.974 bits per heavy atom. The molecule has 4 aromatic rings. The van der Waals surface area contributed by atoms with Crippen LogP contribution in [0.4, 0.5) is 5.69 Å². The SMILES string of the molecule is CC(C)c1nc(Cc2ccc(NC(=O)COc3ccc(S(=O)(=O)N(C)Cc4ccccc4)cc3)cc2)no1. The molecule has 0 aliphatic carbocycles. The lowest BCUT2D eigenvalue weighted by atomic mass is 10.1. The van der Waals surface area contributed by atoms with Crippen molar-refractivity contribution in [2.75, 3.05) is 19.0 Å². The summed E-state index contributed by atoms with van der Waals surface area (Å²) >= 11 is 0. The van der Waals surface area contributed by atoms with Crippen molar-refractivity contribution in [2.45, 2.75) is 37.6 Å². The summed E-state index contributed by atoms with van der Waals surface area (Å²) in [5.74, 6) is 1.45. The summed E-state index contributed by atoms with van der Waals surface area (Å²) in [6, 6.07) is 22.7. The van der Waals surface area contributed by atoms with Gasteiger partial charge in [-0.15, -0.1) is 0 Å². The third-order valence-electron chi connectivity index (χ3n) is 5.73. The summed E-state index contributed by atoms with van der Waals surface area (Å²) in [7, 11) is -2.13. The highest BCUT2D eigenvalue weighted by molar-refractivity contribution is 7.89. The number of ether oxygens (including phenoxy) is 1. The van der Waals surface area contributed by atoms with Gasteiger partial charge in [0.2, 0.25) is 15.9 Å². The summed E-state index contributed by atoms with van der Waals surface area (Å²) in [5.41, 5.74) is 2.51. The molecule has 3 aromatic carbocycles. The van der Waals surface area contributed by atoms with Gasteiger partial charge >= 0.3 is 0 Å². The molecule has 0 unspecified atom stereocenters. The molecule has 1 N–H and O–H groups in total. The van der Waals surface area contributed by atoms with E-state index in [1.54, 1.807) is 12.1 Å². The Morgan fingerprint density at radius 2 is 1.66 bits per heavy atom. The smallest absolute Gasteiger partial charge is 0.262 e. The van der Waals surface area contributed by atoms with Crippen molar-refractivity contribution in [1.29, 1.82) is 0 Å². The summed E-state index contributed by atoms with van der Waals surface area (Å²) < 4.78 is 37.8. The molecule has 0 saturated heterocycles. The van der Waals surface area contributed by atoms with Crippen LogP contribution in [-0.4, -0.2) is 42.4 Å². The fourth-order valence-corrected chi connectivity index (χ4v) is 4.78. The van der Waals surface area contributed by atoms with E-state index >= 15 is 0 Å². The molecular weight excluding hydrogens is 504 g/mol. The largest absolute Gasteiger partial charge is 0.484 e. The molecule has 0 bridgehead atoms. The van der Waals surface area contributed by atoms with Crippen LogP contribution in [0.5, 0.6) is 5.75 Å². The monoisotopic (exact) mass is 534 g/mol. The van der Waals surface area contributed by atoms with Crippen LogP contribution in [0.15, 0.2) is 88.3 Å². The quantitative estimate of drug-likeness (QED) is 0.299. The molecule has 38 heavy (non-hydrogen) atoms. The molecule has 9 nitrogen and oxygen atoms in total. The first kappa shape index (κ1) is 27.0. The Morgan fingerprint density at radius 3 is 2.29 bits per heavy atom. The third-order valence-corrected chi connectivity index (χ3v) is 7.55. The number of amides is 1. The van der Waals surface area contributed by atoms with Crippen LogP contribution >= 0.6 is 0 Å². The van der Waals surface area contributed by atoms with Crippen LogP contribution in [0.3, 0.4) is 0 Å². The molecule has 0 saturated carbocycles. The van der Waals surface area contributed by atoms with Gasteiger partial charge in [0, 0.05) is 31.6 Å². The van der Waals surface area contributed by atoms with E-state index in [9.17, 15) is 13.2 Å². The number of nitrogens with zero attached hydrogens (tertiary/aromatic N) is 3. The molecule has 0 spiro atoms. The highest BCUT2D eigenvalue weighted by Gasteiger charge is 2.21. The molecule has 4 rings (SSSR count). The predicted molar refractivity (Wildman–Crippen MR) is 143 cm³/mol. The number of anilines is 1. The van der Waals surface area contributed by atoms with Gasteiger partial charge in [0.25, 0.3) is 5.91 Å². The van der Waals surface area contributed by atoms with Gasteiger partial charge in [-0.1, -0.05) is 61.5 Å². The van der Waals surface area contributed by atoms with Crippen LogP contribution in [0.25, 0.3) is 0 Å². The summed E-state index contributed by atoms with van der Waals surface area (Å²) in [6.07, 6.45) is 0.529. The fourth-order valence-electron chi connectivity index (χ4n) is 3.62. The minimum atomic E-state index is -3.67. The number of carbonyl (C=O) groups is 1. The number of hydrogen-bond acceptors (Lipinski definition) is 7. The number of carbonyl (C=O) groups excluding carboxylic acids is 1. The molecule has 0 fully saturated rings. The second kappa shape index (κ2) is 12.0. The number of aromatic nitrogens is 2. The van der Waals surface area contributed by atoms with Crippen molar-refractivity contribution >= 4 is 21.6 Å². The number of benzene rings is 3. The van der Waals surface area contributed by atoms with Gasteiger partial charge in [-0.25, -0.2) is 8.42 Å². The lowest BCUT2D eigenvalue weighted by Crippen LogP contribution is -2.26. The Kier molecular flexibility index (Phi) is 8.55. The van der Waals surface area contributed by atoms with Crippen LogP contribution in [0.2, 0.25) is 0 Å². The molecule has 1 amide bonds. The normalized spacial score (nSPS) is 11.6. The van der Waals surface area contributed by atoms with Gasteiger partial charge in [0.1, 0.15) is 5.75 Å². The molecule has 10 heteroatoms. The molecule has 1 heterocycles. The Bertz CT molecular complexity index is 1450. The zero-order valence-electron chi connectivity index (χ0n) is 21.5. The molecular formula is C28H30N4O5S. The molecule has 0 radical (unpaired) electrons. The number of rotatable bonds is 11. The number of nitrogens with one attached hydrogen (secondary N) is 1. The van der Waals surface area contributed by atoms with Crippen LogP contribution < -0.4 is 10.1 Å². The van der Waals surface area contributed by atoms with Crippen LogP contribution in [0, 0.1) is 0 Å². The zero-order chi connectivity index (χ0) is 27.1. The van der Waals surface area contributed by atoms with E-state index < -0.39 is 10.0 Å². The topological polar surface area (TPSA) is 115 Å². The van der Waals surface area contributed by atoms with E-state index in [0.29, 0.717) is 29.6 Å². The van der Waals surface area contributed by atoms with E-state index in [-0.39, 0.29) is 29.9 Å². The highest BCUT2D eigenvalue weighted by atomic mass is 32.2. The first-order valence-corrected chi connectivity index (χ1v) is 13.6. The first-order valence-electron chi connectivity index (χ1n) is 12.1. The Hall–Kier alpha value is -4.02. The maximum absolute atomic E-state index is 12.9. The molecule has 0 atom stereocenters. The average molecular weight is 535 g/mol. The maximum Gasteiger partial charge on any atom is 0.262 e. The summed E-state index contributed by atoms with van der Waals surface area (Å²) in [4.78, 5) is 16.9. The lowest BCUT2D eigenvalue weighted by molar-refractivity contribution is -0.118. The molecule has 198 valence electrons. The molecule has 0 aliphatic rings. The number of hydrogen-bond donors (Lipinski definition) is 1. The number of sulfonamides is 1. The summed E-state index contributed by atoms with van der Waals surface area (Å²) in [5, 5.41) is 6.77. The van der Waals surface area contributed by atoms with E-state index in [4.69, 9.17) is 9.26 Å². The fraction of sp³-hybridized carbons (Fsp3) is 0.250. The second-order valence-corrected chi connectivity index (χ2v) is 11.2. The van der Waals surface area contributed by atoms with Gasteiger partial charge in [-0.3, -0.25) is 4.79 Å². The van der Waals surface area contributed by atoms with Crippen molar-refractivity contribution in [3.8, 4) is 5.75 Å². The minimum absolute atomic E-state index is 0.147. The Balaban J connectivity index is 1.26. The van der Waals surface area contributed by atoms with E-state index in [1.165, 1.54) is 35.6 Å². The van der Waals surface area contributed by atoms with Crippen molar-refractivity contribution < 1.29 is 22.5 Å². The first-order chi connectivity index (χ1) is 18.2.